The first-order valence-corrected chi connectivity index (χ1v) is 12.0. The van der Waals surface area contributed by atoms with Crippen LogP contribution in [0.25, 0.3) is 0 Å². The molecule has 1 fully saturated rings. The summed E-state index contributed by atoms with van der Waals surface area (Å²) in [4.78, 5) is 38.4. The molecule has 2 aromatic rings. The second-order valence-corrected chi connectivity index (χ2v) is 8.77. The summed E-state index contributed by atoms with van der Waals surface area (Å²) in [6.07, 6.45) is 5.22. The van der Waals surface area contributed by atoms with Crippen molar-refractivity contribution in [2.75, 3.05) is 20.8 Å². The lowest BCUT2D eigenvalue weighted by molar-refractivity contribution is -0.385. The van der Waals surface area contributed by atoms with E-state index in [9.17, 15) is 19.7 Å². The average molecular weight is 500 g/mol. The van der Waals surface area contributed by atoms with Gasteiger partial charge in [-0.05, 0) is 43.5 Å². The number of hydrogen-bond acceptors (Lipinski definition) is 7. The molecule has 1 saturated carbocycles. The van der Waals surface area contributed by atoms with E-state index in [1.807, 2.05) is 12.1 Å². The van der Waals surface area contributed by atoms with Gasteiger partial charge < -0.3 is 24.4 Å². The average Bonchev–Trinajstić information content (AvgIpc) is 2.90. The Morgan fingerprint density at radius 1 is 1.06 bits per heavy atom. The molecule has 0 heterocycles. The van der Waals surface area contributed by atoms with Crippen molar-refractivity contribution in [2.45, 2.75) is 57.7 Å². The molecule has 2 aromatic carbocycles. The van der Waals surface area contributed by atoms with E-state index >= 15 is 0 Å². The van der Waals surface area contributed by atoms with Crippen LogP contribution in [0.1, 0.15) is 44.6 Å². The fourth-order valence-corrected chi connectivity index (χ4v) is 4.21. The highest BCUT2D eigenvalue weighted by Gasteiger charge is 2.28. The van der Waals surface area contributed by atoms with Crippen molar-refractivity contribution in [3.8, 4) is 17.2 Å². The topological polar surface area (TPSA) is 120 Å². The van der Waals surface area contributed by atoms with Crippen LogP contribution in [0.4, 0.5) is 5.69 Å². The molecule has 10 nitrogen and oxygen atoms in total. The van der Waals surface area contributed by atoms with Gasteiger partial charge in [-0.1, -0.05) is 31.4 Å². The lowest BCUT2D eigenvalue weighted by Gasteiger charge is -2.31. The maximum Gasteiger partial charge on any atom is 0.311 e. The van der Waals surface area contributed by atoms with Gasteiger partial charge in [-0.2, -0.15) is 0 Å². The van der Waals surface area contributed by atoms with Crippen molar-refractivity contribution in [1.29, 1.82) is 0 Å². The second kappa shape index (κ2) is 12.8. The van der Waals surface area contributed by atoms with Gasteiger partial charge in [-0.25, -0.2) is 0 Å². The van der Waals surface area contributed by atoms with Crippen LogP contribution in [-0.4, -0.2) is 54.5 Å². The zero-order chi connectivity index (χ0) is 26.1. The number of benzene rings is 2. The molecule has 1 aliphatic carbocycles. The van der Waals surface area contributed by atoms with Gasteiger partial charge in [0, 0.05) is 24.7 Å². The van der Waals surface area contributed by atoms with Gasteiger partial charge >= 0.3 is 5.69 Å². The number of carbonyl (C=O) groups is 2. The van der Waals surface area contributed by atoms with Crippen molar-refractivity contribution in [1.82, 2.24) is 10.2 Å². The molecule has 0 bridgehead atoms. The van der Waals surface area contributed by atoms with Crippen molar-refractivity contribution in [2.24, 2.45) is 0 Å². The highest BCUT2D eigenvalue weighted by atomic mass is 16.6. The minimum Gasteiger partial charge on any atom is -0.497 e. The number of amides is 2. The van der Waals surface area contributed by atoms with Gasteiger partial charge in [0.05, 0.1) is 19.1 Å². The Balaban J connectivity index is 1.73. The third-order valence-electron chi connectivity index (χ3n) is 6.34. The lowest BCUT2D eigenvalue weighted by atomic mass is 9.95. The van der Waals surface area contributed by atoms with E-state index < -0.39 is 16.9 Å². The van der Waals surface area contributed by atoms with E-state index in [1.54, 1.807) is 26.2 Å². The molecule has 0 aliphatic heterocycles. The molecule has 0 saturated heterocycles. The first kappa shape index (κ1) is 26.8. The quantitative estimate of drug-likeness (QED) is 0.368. The van der Waals surface area contributed by atoms with Crippen LogP contribution < -0.4 is 19.5 Å². The highest BCUT2D eigenvalue weighted by Crippen LogP contribution is 2.30. The number of ether oxygens (including phenoxy) is 3. The number of hydrogen-bond donors (Lipinski definition) is 1. The van der Waals surface area contributed by atoms with Crippen molar-refractivity contribution < 1.29 is 28.7 Å². The molecule has 1 aliphatic rings. The largest absolute Gasteiger partial charge is 0.497 e. The first-order chi connectivity index (χ1) is 17.3. The summed E-state index contributed by atoms with van der Waals surface area (Å²) in [5.74, 6) is 0.361. The van der Waals surface area contributed by atoms with Crippen LogP contribution in [-0.2, 0) is 16.1 Å². The molecule has 2 amide bonds. The summed E-state index contributed by atoms with van der Waals surface area (Å²) < 4.78 is 15.9. The van der Waals surface area contributed by atoms with Crippen LogP contribution >= 0.6 is 0 Å². The Kier molecular flexibility index (Phi) is 9.49. The van der Waals surface area contributed by atoms with E-state index in [-0.39, 0.29) is 42.3 Å². The van der Waals surface area contributed by atoms with Crippen LogP contribution in [0.2, 0.25) is 0 Å². The number of nitrogens with one attached hydrogen (secondary N) is 1. The number of methoxy groups -OCH3 is 2. The molecule has 194 valence electrons. The number of nitro groups is 1. The SMILES string of the molecule is COc1ccc(CN(C(=O)COc2ccc([N+](=O)[O-])c(OC)c2)[C@@H](C)C(=O)NC2CCCCC2)cc1. The number of nitrogens with zero attached hydrogens (tertiary/aromatic N) is 2. The minimum absolute atomic E-state index is 0.0280. The molecule has 0 unspecified atom stereocenters. The Morgan fingerprint density at radius 2 is 1.72 bits per heavy atom. The van der Waals surface area contributed by atoms with E-state index in [4.69, 9.17) is 14.2 Å². The molecule has 0 aromatic heterocycles. The highest BCUT2D eigenvalue weighted by molar-refractivity contribution is 5.88. The van der Waals surface area contributed by atoms with E-state index in [1.165, 1.54) is 36.6 Å². The smallest absolute Gasteiger partial charge is 0.311 e. The van der Waals surface area contributed by atoms with Gasteiger partial charge in [0.25, 0.3) is 5.91 Å². The second-order valence-electron chi connectivity index (χ2n) is 8.77. The molecule has 0 spiro atoms. The fourth-order valence-electron chi connectivity index (χ4n) is 4.21. The lowest BCUT2D eigenvalue weighted by Crippen LogP contribution is -2.51. The van der Waals surface area contributed by atoms with Crippen LogP contribution in [0.3, 0.4) is 0 Å². The zero-order valence-electron chi connectivity index (χ0n) is 20.9. The van der Waals surface area contributed by atoms with Crippen LogP contribution in [0.15, 0.2) is 42.5 Å². The standard InChI is InChI=1S/C26H33N3O7/c1-18(26(31)27-20-7-5-4-6-8-20)28(16-19-9-11-21(34-2)12-10-19)25(30)17-36-22-13-14-23(29(32)33)24(15-22)35-3/h9-15,18,20H,4-8,16-17H2,1-3H3,(H,27,31)/t18-/m0/s1. The summed E-state index contributed by atoms with van der Waals surface area (Å²) >= 11 is 0. The molecule has 1 N–H and O–H groups in total. The monoisotopic (exact) mass is 499 g/mol. The Hall–Kier alpha value is -3.82. The molecule has 0 radical (unpaired) electrons. The Labute approximate surface area is 210 Å². The van der Waals surface area contributed by atoms with Gasteiger partial charge in [0.1, 0.15) is 17.5 Å². The third kappa shape index (κ3) is 7.10. The first-order valence-electron chi connectivity index (χ1n) is 12.0. The van der Waals surface area contributed by atoms with Gasteiger partial charge in [0.2, 0.25) is 11.7 Å². The van der Waals surface area contributed by atoms with Crippen LogP contribution in [0.5, 0.6) is 17.2 Å². The molecular formula is C26H33N3O7. The molecular weight excluding hydrogens is 466 g/mol. The van der Waals surface area contributed by atoms with E-state index in [0.717, 1.165) is 31.2 Å². The third-order valence-corrected chi connectivity index (χ3v) is 6.34. The maximum absolute atomic E-state index is 13.3. The molecule has 1 atom stereocenters. The summed E-state index contributed by atoms with van der Waals surface area (Å²) in [5.41, 5.74) is 0.629. The van der Waals surface area contributed by atoms with Gasteiger partial charge in [-0.3, -0.25) is 19.7 Å². The summed E-state index contributed by atoms with van der Waals surface area (Å²) in [5, 5.41) is 14.2. The molecule has 36 heavy (non-hydrogen) atoms. The Morgan fingerprint density at radius 3 is 2.33 bits per heavy atom. The number of carbonyl (C=O) groups excluding carboxylic acids is 2. The number of rotatable bonds is 11. The summed E-state index contributed by atoms with van der Waals surface area (Å²) in [6.45, 7) is 1.56. The van der Waals surface area contributed by atoms with Gasteiger partial charge in [0.15, 0.2) is 6.61 Å². The van der Waals surface area contributed by atoms with E-state index in [2.05, 4.69) is 5.32 Å². The van der Waals surface area contributed by atoms with Gasteiger partial charge in [-0.15, -0.1) is 0 Å². The summed E-state index contributed by atoms with van der Waals surface area (Å²) in [7, 11) is 2.90. The van der Waals surface area contributed by atoms with Crippen molar-refractivity contribution >= 4 is 17.5 Å². The van der Waals surface area contributed by atoms with Crippen molar-refractivity contribution in [3.63, 3.8) is 0 Å². The van der Waals surface area contributed by atoms with Crippen LogP contribution in [0, 0.1) is 10.1 Å². The van der Waals surface area contributed by atoms with E-state index in [0.29, 0.717) is 5.75 Å². The molecule has 3 rings (SSSR count). The maximum atomic E-state index is 13.3. The normalized spacial score (nSPS) is 14.4. The summed E-state index contributed by atoms with van der Waals surface area (Å²) in [6, 6.07) is 10.7. The Bertz CT molecular complexity index is 1050. The predicted octanol–water partition coefficient (Wildman–Crippen LogP) is 3.86. The molecule has 10 heteroatoms. The van der Waals surface area contributed by atoms with Crippen molar-refractivity contribution in [3.05, 3.63) is 58.1 Å². The zero-order valence-corrected chi connectivity index (χ0v) is 20.9. The predicted molar refractivity (Wildman–Crippen MR) is 133 cm³/mol. The fraction of sp³-hybridized carbons (Fsp3) is 0.462. The minimum atomic E-state index is -0.725. The number of nitro benzene ring substituents is 1.